The van der Waals surface area contributed by atoms with Gasteiger partial charge in [0.1, 0.15) is 16.1 Å². The summed E-state index contributed by atoms with van der Waals surface area (Å²) in [5, 5.41) is 7.86. The summed E-state index contributed by atoms with van der Waals surface area (Å²) in [5.41, 5.74) is 0.787. The molecule has 2 aromatic rings. The Labute approximate surface area is 166 Å². The highest BCUT2D eigenvalue weighted by atomic mass is 32.1. The fourth-order valence-corrected chi connectivity index (χ4v) is 4.60. The van der Waals surface area contributed by atoms with Crippen molar-refractivity contribution in [3.05, 3.63) is 33.2 Å². The Balaban J connectivity index is 1.98. The second-order valence-electron chi connectivity index (χ2n) is 7.57. The van der Waals surface area contributed by atoms with E-state index in [9.17, 15) is 9.59 Å². The lowest BCUT2D eigenvalue weighted by atomic mass is 9.87. The van der Waals surface area contributed by atoms with Gasteiger partial charge in [0.25, 0.3) is 0 Å². The van der Waals surface area contributed by atoms with E-state index >= 15 is 0 Å². The Bertz CT molecular complexity index is 786. The van der Waals surface area contributed by atoms with E-state index in [2.05, 4.69) is 15.3 Å². The zero-order chi connectivity index (χ0) is 19.7. The van der Waals surface area contributed by atoms with Crippen LogP contribution in [0.25, 0.3) is 0 Å². The largest absolute Gasteiger partial charge is 0.469 e. The molecule has 27 heavy (non-hydrogen) atoms. The van der Waals surface area contributed by atoms with Gasteiger partial charge in [-0.25, -0.2) is 9.97 Å². The summed E-state index contributed by atoms with van der Waals surface area (Å²) in [7, 11) is 1.36. The number of hydrogen-bond donors (Lipinski definition) is 1. The molecule has 0 saturated carbocycles. The topological polar surface area (TPSA) is 90.4 Å². The molecule has 3 rings (SSSR count). The minimum Gasteiger partial charge on any atom is -0.469 e. The van der Waals surface area contributed by atoms with E-state index in [0.717, 1.165) is 10.7 Å². The lowest BCUT2D eigenvalue weighted by molar-refractivity contribution is -0.163. The van der Waals surface area contributed by atoms with Gasteiger partial charge in [0.15, 0.2) is 0 Å². The molecule has 0 spiro atoms. The summed E-state index contributed by atoms with van der Waals surface area (Å²) >= 11 is 2.90. The normalized spacial score (nSPS) is 25.3. The van der Waals surface area contributed by atoms with Gasteiger partial charge in [-0.3, -0.25) is 14.9 Å². The van der Waals surface area contributed by atoms with Gasteiger partial charge >= 0.3 is 11.9 Å². The zero-order valence-corrected chi connectivity index (χ0v) is 17.4. The molecule has 3 atom stereocenters. The van der Waals surface area contributed by atoms with E-state index in [1.807, 2.05) is 31.5 Å². The van der Waals surface area contributed by atoms with E-state index in [1.165, 1.54) is 29.8 Å². The molecule has 0 aromatic carbocycles. The Morgan fingerprint density at radius 2 is 2.15 bits per heavy atom. The van der Waals surface area contributed by atoms with Crippen LogP contribution in [0.4, 0.5) is 0 Å². The van der Waals surface area contributed by atoms with Gasteiger partial charge in [0.05, 0.1) is 30.3 Å². The minimum absolute atomic E-state index is 0.260. The first-order valence-corrected chi connectivity index (χ1v) is 10.4. The van der Waals surface area contributed by atoms with Crippen LogP contribution in [0, 0.1) is 5.92 Å². The molecule has 1 N–H and O–H groups in total. The predicted molar refractivity (Wildman–Crippen MR) is 103 cm³/mol. The highest BCUT2D eigenvalue weighted by molar-refractivity contribution is 7.09. The number of hydrogen-bond acceptors (Lipinski definition) is 9. The van der Waals surface area contributed by atoms with Gasteiger partial charge in [-0.05, 0) is 27.2 Å². The Morgan fingerprint density at radius 1 is 1.37 bits per heavy atom. The number of nitrogens with zero attached hydrogens (tertiary/aromatic N) is 2. The van der Waals surface area contributed by atoms with Crippen molar-refractivity contribution in [2.75, 3.05) is 7.11 Å². The number of nitrogens with one attached hydrogen (secondary N) is 1. The van der Waals surface area contributed by atoms with Gasteiger partial charge in [-0.1, -0.05) is 0 Å². The van der Waals surface area contributed by atoms with Crippen LogP contribution < -0.4 is 5.32 Å². The van der Waals surface area contributed by atoms with E-state index in [0.29, 0.717) is 6.42 Å². The fourth-order valence-electron chi connectivity index (χ4n) is 3.29. The first kappa shape index (κ1) is 19.9. The first-order chi connectivity index (χ1) is 12.7. The van der Waals surface area contributed by atoms with Crippen LogP contribution in [0.5, 0.6) is 0 Å². The second kappa shape index (κ2) is 7.65. The average molecular weight is 410 g/mol. The van der Waals surface area contributed by atoms with Crippen molar-refractivity contribution in [2.45, 2.75) is 50.8 Å². The lowest BCUT2D eigenvalue weighted by Gasteiger charge is -2.31. The molecule has 0 amide bonds. The molecule has 7 nitrogen and oxygen atoms in total. The summed E-state index contributed by atoms with van der Waals surface area (Å²) in [4.78, 5) is 34.3. The van der Waals surface area contributed by atoms with E-state index < -0.39 is 29.1 Å². The van der Waals surface area contributed by atoms with Crippen molar-refractivity contribution >= 4 is 34.6 Å². The molecule has 1 fully saturated rings. The number of carbonyl (C=O) groups is 2. The van der Waals surface area contributed by atoms with Crippen LogP contribution in [0.15, 0.2) is 22.5 Å². The molecular formula is C18H23N3O4S2. The number of carbonyl (C=O) groups excluding carboxylic acids is 2. The van der Waals surface area contributed by atoms with Gasteiger partial charge < -0.3 is 9.47 Å². The molecule has 1 saturated heterocycles. The summed E-state index contributed by atoms with van der Waals surface area (Å²) in [6, 6.07) is -0.413. The molecule has 1 aliphatic rings. The SMILES string of the molecule is COC(=O)[C@H]1C[C@@](Cc2cscn2)(C(=O)OC(C)(C)C)N[C@H]1c1nccs1. The van der Waals surface area contributed by atoms with E-state index in [1.54, 1.807) is 11.7 Å². The molecule has 0 radical (unpaired) electrons. The Kier molecular flexibility index (Phi) is 5.64. The second-order valence-corrected chi connectivity index (χ2v) is 9.21. The maximum atomic E-state index is 13.2. The van der Waals surface area contributed by atoms with Crippen LogP contribution in [0.3, 0.4) is 0 Å². The molecule has 1 aliphatic heterocycles. The molecule has 0 aliphatic carbocycles. The molecular weight excluding hydrogens is 386 g/mol. The number of esters is 2. The lowest BCUT2D eigenvalue weighted by Crippen LogP contribution is -2.52. The summed E-state index contributed by atoms with van der Waals surface area (Å²) in [6.45, 7) is 5.48. The van der Waals surface area contributed by atoms with Crippen LogP contribution in [0.1, 0.15) is 43.9 Å². The van der Waals surface area contributed by atoms with Gasteiger partial charge in [-0.2, -0.15) is 0 Å². The average Bonchev–Trinajstić information content (AvgIpc) is 3.33. The van der Waals surface area contributed by atoms with Gasteiger partial charge in [0, 0.05) is 23.4 Å². The quantitative estimate of drug-likeness (QED) is 0.759. The molecule has 0 bridgehead atoms. The summed E-state index contributed by atoms with van der Waals surface area (Å²) < 4.78 is 10.7. The van der Waals surface area contributed by atoms with Crippen molar-refractivity contribution in [1.82, 2.24) is 15.3 Å². The number of ether oxygens (including phenoxy) is 2. The van der Waals surface area contributed by atoms with Gasteiger partial charge in [0.2, 0.25) is 0 Å². The third-order valence-corrected chi connectivity index (χ3v) is 5.87. The number of methoxy groups -OCH3 is 1. The van der Waals surface area contributed by atoms with E-state index in [-0.39, 0.29) is 12.4 Å². The molecule has 0 unspecified atom stereocenters. The number of aromatic nitrogens is 2. The van der Waals surface area contributed by atoms with Crippen LogP contribution >= 0.6 is 22.7 Å². The first-order valence-electron chi connectivity index (χ1n) is 8.59. The minimum atomic E-state index is -1.07. The van der Waals surface area contributed by atoms with Crippen molar-refractivity contribution in [1.29, 1.82) is 0 Å². The third-order valence-electron chi connectivity index (χ3n) is 4.38. The van der Waals surface area contributed by atoms with Crippen LogP contribution in [-0.2, 0) is 25.5 Å². The molecule has 9 heteroatoms. The predicted octanol–water partition coefficient (Wildman–Crippen LogP) is 2.75. The fraction of sp³-hybridized carbons (Fsp3) is 0.556. The molecule has 3 heterocycles. The summed E-state index contributed by atoms with van der Waals surface area (Å²) in [6.07, 6.45) is 2.28. The molecule has 146 valence electrons. The Hall–Kier alpha value is -1.84. The maximum absolute atomic E-state index is 13.2. The molecule has 2 aromatic heterocycles. The highest BCUT2D eigenvalue weighted by Gasteiger charge is 2.55. The van der Waals surface area contributed by atoms with Crippen LogP contribution in [0.2, 0.25) is 0 Å². The maximum Gasteiger partial charge on any atom is 0.327 e. The number of rotatable bonds is 5. The standard InChI is InChI=1S/C18H23N3O4S2/c1-17(2,3)25-16(23)18(7-11-9-26-10-20-11)8-12(15(22)24-4)13(21-18)14-19-5-6-27-14/h5-6,9-10,12-13,21H,7-8H2,1-4H3/t12-,13+,18-/m0/s1. The zero-order valence-electron chi connectivity index (χ0n) is 15.7. The summed E-state index contributed by atoms with van der Waals surface area (Å²) in [5.74, 6) is -1.30. The highest BCUT2D eigenvalue weighted by Crippen LogP contribution is 2.42. The van der Waals surface area contributed by atoms with Crippen molar-refractivity contribution in [2.24, 2.45) is 5.92 Å². The van der Waals surface area contributed by atoms with E-state index in [4.69, 9.17) is 9.47 Å². The number of thiazole rings is 2. The van der Waals surface area contributed by atoms with Crippen molar-refractivity contribution in [3.63, 3.8) is 0 Å². The van der Waals surface area contributed by atoms with Crippen molar-refractivity contribution < 1.29 is 19.1 Å². The smallest absolute Gasteiger partial charge is 0.327 e. The Morgan fingerprint density at radius 3 is 2.70 bits per heavy atom. The third kappa shape index (κ3) is 4.36. The van der Waals surface area contributed by atoms with Crippen LogP contribution in [-0.4, -0.2) is 40.2 Å². The monoisotopic (exact) mass is 409 g/mol. The van der Waals surface area contributed by atoms with Crippen molar-refractivity contribution in [3.8, 4) is 0 Å². The van der Waals surface area contributed by atoms with Gasteiger partial charge in [-0.15, -0.1) is 22.7 Å².